The second-order valence-electron chi connectivity index (χ2n) is 12.9. The highest BCUT2D eigenvalue weighted by Gasteiger charge is 2.20. The third kappa shape index (κ3) is 9.09. The molecule has 2 aromatic carbocycles. The van der Waals surface area contributed by atoms with Crippen molar-refractivity contribution in [3.63, 3.8) is 0 Å². The van der Waals surface area contributed by atoms with Crippen LogP contribution in [0.1, 0.15) is 74.6 Å². The molecule has 2 fully saturated rings. The minimum Gasteiger partial charge on any atom is -0.367 e. The van der Waals surface area contributed by atoms with Crippen LogP contribution in [0.3, 0.4) is 0 Å². The Morgan fingerprint density at radius 3 is 2.46 bits per heavy atom. The van der Waals surface area contributed by atoms with Crippen LogP contribution in [-0.4, -0.2) is 64.6 Å². The van der Waals surface area contributed by atoms with E-state index in [0.717, 1.165) is 92.6 Å². The van der Waals surface area contributed by atoms with Gasteiger partial charge in [0, 0.05) is 36.8 Å². The standard InChI is InChI=1S/C36H50N10/c37-24-28-12-14-29(15-13-28)25-45(36-42-34-11-5-4-10-33(34)35(43-36)41-31-16-21-39-22-17-31)26-32-27-46(44-32)23-7-19-38-18-6-20-40-30-8-2-1-3-9-30/h4-5,10-15,27,30-31,38-40,44H,1-3,6-9,16-23,25-26H2,(H,41,42,43). The number of hydrogen-bond acceptors (Lipinski definition) is 8. The lowest BCUT2D eigenvalue weighted by Crippen LogP contribution is -2.35. The van der Waals surface area contributed by atoms with Gasteiger partial charge in [-0.3, -0.25) is 9.78 Å². The minimum atomic E-state index is 0.386. The minimum absolute atomic E-state index is 0.386. The number of rotatable bonds is 16. The first kappa shape index (κ1) is 32.0. The van der Waals surface area contributed by atoms with Crippen LogP contribution in [0.5, 0.6) is 0 Å². The molecule has 0 bridgehead atoms. The third-order valence-electron chi connectivity index (χ3n) is 9.29. The molecule has 3 heterocycles. The fourth-order valence-corrected chi connectivity index (χ4v) is 6.67. The van der Waals surface area contributed by atoms with E-state index in [1.165, 1.54) is 38.5 Å². The molecular formula is C36H50N10. The highest BCUT2D eigenvalue weighted by molar-refractivity contribution is 5.90. The van der Waals surface area contributed by atoms with E-state index >= 15 is 0 Å². The Morgan fingerprint density at radius 1 is 0.870 bits per heavy atom. The molecule has 10 heteroatoms. The van der Waals surface area contributed by atoms with Crippen molar-refractivity contribution < 1.29 is 0 Å². The summed E-state index contributed by atoms with van der Waals surface area (Å²) in [4.78, 5) is 12.4. The number of benzene rings is 2. The molecule has 0 unspecified atom stereocenters. The average molecular weight is 623 g/mol. The molecule has 0 spiro atoms. The molecule has 5 N–H and O–H groups in total. The van der Waals surface area contributed by atoms with Gasteiger partial charge in [-0.1, -0.05) is 43.5 Å². The Kier molecular flexibility index (Phi) is 11.6. The number of hydrogen-bond donors (Lipinski definition) is 5. The van der Waals surface area contributed by atoms with Gasteiger partial charge < -0.3 is 26.2 Å². The number of aryl methyl sites for hydroxylation is 1. The molecule has 6 rings (SSSR count). The first-order valence-corrected chi connectivity index (χ1v) is 17.4. The van der Waals surface area contributed by atoms with E-state index in [1.807, 2.05) is 30.3 Å². The van der Waals surface area contributed by atoms with Crippen molar-refractivity contribution in [1.82, 2.24) is 35.7 Å². The first-order valence-electron chi connectivity index (χ1n) is 17.4. The summed E-state index contributed by atoms with van der Waals surface area (Å²) in [5.74, 6) is 1.59. The largest absolute Gasteiger partial charge is 0.367 e. The fraction of sp³-hybridized carbons (Fsp3) is 0.528. The molecule has 10 nitrogen and oxygen atoms in total. The molecular weight excluding hydrogens is 572 g/mol. The molecule has 0 amide bonds. The predicted molar refractivity (Wildman–Crippen MR) is 186 cm³/mol. The van der Waals surface area contributed by atoms with Crippen LogP contribution in [0.2, 0.25) is 0 Å². The van der Waals surface area contributed by atoms with E-state index in [1.54, 1.807) is 0 Å². The van der Waals surface area contributed by atoms with E-state index < -0.39 is 0 Å². The molecule has 2 aromatic heterocycles. The summed E-state index contributed by atoms with van der Waals surface area (Å²) in [6, 6.07) is 19.4. The first-order chi connectivity index (χ1) is 22.7. The van der Waals surface area contributed by atoms with Gasteiger partial charge in [-0.05, 0) is 101 Å². The monoisotopic (exact) mass is 622 g/mol. The van der Waals surface area contributed by atoms with Crippen LogP contribution in [-0.2, 0) is 19.6 Å². The lowest BCUT2D eigenvalue weighted by molar-refractivity contribution is 0.371. The zero-order valence-electron chi connectivity index (χ0n) is 27.1. The summed E-state index contributed by atoms with van der Waals surface area (Å²) < 4.78 is 2.17. The molecule has 46 heavy (non-hydrogen) atoms. The van der Waals surface area contributed by atoms with Crippen LogP contribution in [0.15, 0.2) is 54.7 Å². The maximum absolute atomic E-state index is 9.29. The fourth-order valence-electron chi connectivity index (χ4n) is 6.67. The Morgan fingerprint density at radius 2 is 1.65 bits per heavy atom. The summed E-state index contributed by atoms with van der Waals surface area (Å²) in [5.41, 5.74) is 3.85. The Hall–Kier alpha value is -3.91. The van der Waals surface area contributed by atoms with Crippen molar-refractivity contribution >= 4 is 22.7 Å². The van der Waals surface area contributed by atoms with E-state index in [0.29, 0.717) is 30.6 Å². The predicted octanol–water partition coefficient (Wildman–Crippen LogP) is 5.29. The van der Waals surface area contributed by atoms with E-state index in [2.05, 4.69) is 66.4 Å². The maximum Gasteiger partial charge on any atom is 0.228 e. The van der Waals surface area contributed by atoms with Gasteiger partial charge in [0.25, 0.3) is 0 Å². The number of piperidine rings is 1. The zero-order valence-corrected chi connectivity index (χ0v) is 27.1. The molecule has 0 atom stereocenters. The maximum atomic E-state index is 9.29. The number of anilines is 2. The highest BCUT2D eigenvalue weighted by atomic mass is 15.3. The van der Waals surface area contributed by atoms with Crippen LogP contribution in [0.25, 0.3) is 10.9 Å². The third-order valence-corrected chi connectivity index (χ3v) is 9.29. The van der Waals surface area contributed by atoms with E-state index in [9.17, 15) is 5.26 Å². The van der Waals surface area contributed by atoms with Crippen molar-refractivity contribution in [2.24, 2.45) is 0 Å². The van der Waals surface area contributed by atoms with Gasteiger partial charge >= 0.3 is 0 Å². The quantitative estimate of drug-likeness (QED) is 0.107. The number of aromatic amines is 1. The lowest BCUT2D eigenvalue weighted by atomic mass is 9.95. The Labute approximate surface area is 273 Å². The second-order valence-corrected chi connectivity index (χ2v) is 12.9. The van der Waals surface area contributed by atoms with Gasteiger partial charge in [-0.2, -0.15) is 10.2 Å². The van der Waals surface area contributed by atoms with Crippen LogP contribution in [0, 0.1) is 11.3 Å². The molecule has 1 aliphatic heterocycles. The van der Waals surface area contributed by atoms with Gasteiger partial charge in [-0.15, -0.1) is 0 Å². The van der Waals surface area contributed by atoms with Gasteiger partial charge in [0.1, 0.15) is 5.82 Å². The average Bonchev–Trinajstić information content (AvgIpc) is 3.08. The number of nitrogens with zero attached hydrogens (tertiary/aromatic N) is 5. The number of fused-ring (bicyclic) bond motifs is 1. The molecule has 4 aromatic rings. The Balaban J connectivity index is 1.06. The molecule has 1 aliphatic carbocycles. The Bertz CT molecular complexity index is 1510. The number of aromatic nitrogens is 4. The smallest absolute Gasteiger partial charge is 0.228 e. The van der Waals surface area contributed by atoms with Crippen LogP contribution < -0.4 is 26.2 Å². The lowest BCUT2D eigenvalue weighted by Gasteiger charge is -2.28. The van der Waals surface area contributed by atoms with Crippen molar-refractivity contribution in [3.8, 4) is 6.07 Å². The highest BCUT2D eigenvalue weighted by Crippen LogP contribution is 2.27. The number of H-pyrrole nitrogens is 1. The molecule has 1 saturated carbocycles. The number of nitriles is 1. The van der Waals surface area contributed by atoms with Gasteiger partial charge in [0.15, 0.2) is 0 Å². The van der Waals surface area contributed by atoms with Gasteiger partial charge in [0.05, 0.1) is 29.4 Å². The second kappa shape index (κ2) is 16.6. The van der Waals surface area contributed by atoms with Crippen LogP contribution >= 0.6 is 0 Å². The van der Waals surface area contributed by atoms with Gasteiger partial charge in [-0.25, -0.2) is 4.98 Å². The molecule has 2 aliphatic rings. The molecule has 0 radical (unpaired) electrons. The van der Waals surface area contributed by atoms with Crippen molar-refractivity contribution in [1.29, 1.82) is 5.26 Å². The normalized spacial score (nSPS) is 16.1. The molecule has 1 saturated heterocycles. The summed E-state index contributed by atoms with van der Waals surface area (Å²) in [5, 5.41) is 28.4. The summed E-state index contributed by atoms with van der Waals surface area (Å²) in [6.07, 6.45) is 13.5. The summed E-state index contributed by atoms with van der Waals surface area (Å²) in [7, 11) is 0. The number of nitrogens with one attached hydrogen (secondary N) is 5. The van der Waals surface area contributed by atoms with Gasteiger partial charge in [0.2, 0.25) is 5.95 Å². The number of para-hydroxylation sites is 1. The van der Waals surface area contributed by atoms with Crippen LogP contribution in [0.4, 0.5) is 11.8 Å². The van der Waals surface area contributed by atoms with Crippen molar-refractivity contribution in [3.05, 3.63) is 71.5 Å². The topological polar surface area (TPSA) is 122 Å². The van der Waals surface area contributed by atoms with Crippen molar-refractivity contribution in [2.75, 3.05) is 42.9 Å². The van der Waals surface area contributed by atoms with E-state index in [-0.39, 0.29) is 0 Å². The molecule has 244 valence electrons. The SMILES string of the molecule is N#Cc1ccc(CN(Cc2cn(CCCNCCCNC3CCCCC3)[nH]2)c2nc(NC3CCNCC3)c3ccccc3n2)cc1. The van der Waals surface area contributed by atoms with Crippen molar-refractivity contribution in [2.45, 2.75) is 89.5 Å². The summed E-state index contributed by atoms with van der Waals surface area (Å²) in [6.45, 7) is 7.50. The zero-order chi connectivity index (χ0) is 31.4. The van der Waals surface area contributed by atoms with E-state index in [4.69, 9.17) is 9.97 Å². The summed E-state index contributed by atoms with van der Waals surface area (Å²) >= 11 is 0.